The van der Waals surface area contributed by atoms with Crippen molar-refractivity contribution in [1.82, 2.24) is 9.62 Å². The van der Waals surface area contributed by atoms with E-state index in [1.54, 1.807) is 24.3 Å². The summed E-state index contributed by atoms with van der Waals surface area (Å²) < 4.78 is 26.8. The predicted molar refractivity (Wildman–Crippen MR) is 96.5 cm³/mol. The maximum Gasteiger partial charge on any atom is 0.345 e. The number of thiophene rings is 1. The number of carboxylic acids is 1. The quantitative estimate of drug-likeness (QED) is 0.779. The minimum atomic E-state index is -3.73. The van der Waals surface area contributed by atoms with Gasteiger partial charge in [-0.2, -0.15) is 4.31 Å². The lowest BCUT2D eigenvalue weighted by atomic mass is 10.2. The maximum atomic E-state index is 12.8. The van der Waals surface area contributed by atoms with Crippen LogP contribution in [0.3, 0.4) is 0 Å². The maximum absolute atomic E-state index is 12.8. The summed E-state index contributed by atoms with van der Waals surface area (Å²) in [6.45, 7) is 0.476. The van der Waals surface area contributed by atoms with Gasteiger partial charge in [0.25, 0.3) is 0 Å². The van der Waals surface area contributed by atoms with Crippen LogP contribution in [0.1, 0.15) is 27.4 Å². The molecule has 1 aromatic carbocycles. The second kappa shape index (κ2) is 7.56. The molecule has 2 heterocycles. The molecule has 26 heavy (non-hydrogen) atoms. The zero-order valence-electron chi connectivity index (χ0n) is 13.8. The Morgan fingerprint density at radius 1 is 1.19 bits per heavy atom. The van der Waals surface area contributed by atoms with Gasteiger partial charge in [0.1, 0.15) is 10.9 Å². The lowest BCUT2D eigenvalue weighted by molar-refractivity contribution is -0.124. The molecule has 2 N–H and O–H groups in total. The minimum absolute atomic E-state index is 0.170. The monoisotopic (exact) mass is 394 g/mol. The van der Waals surface area contributed by atoms with Gasteiger partial charge in [-0.25, -0.2) is 13.2 Å². The number of benzene rings is 1. The molecule has 1 aromatic heterocycles. The summed E-state index contributed by atoms with van der Waals surface area (Å²) in [5.41, 5.74) is 0. The molecule has 1 saturated heterocycles. The molecule has 2 aromatic rings. The van der Waals surface area contributed by atoms with Crippen molar-refractivity contribution in [2.75, 3.05) is 6.54 Å². The SMILES string of the molecule is O=C(O)c1ccc(CNC(=O)C2CCCN2S(=O)(=O)c2ccccc2)s1. The molecule has 0 radical (unpaired) electrons. The standard InChI is InChI=1S/C17H18N2O5S2/c20-16(18-11-12-8-9-15(25-12)17(21)22)14-7-4-10-19(14)26(23,24)13-5-2-1-3-6-13/h1-3,5-6,8-9,14H,4,7,10-11H2,(H,18,20)(H,21,22). The van der Waals surface area contributed by atoms with Gasteiger partial charge in [-0.15, -0.1) is 11.3 Å². The summed E-state index contributed by atoms with van der Waals surface area (Å²) in [5, 5.41) is 11.6. The molecule has 138 valence electrons. The fourth-order valence-electron chi connectivity index (χ4n) is 2.90. The molecule has 0 spiro atoms. The van der Waals surface area contributed by atoms with Gasteiger partial charge < -0.3 is 10.4 Å². The summed E-state index contributed by atoms with van der Waals surface area (Å²) in [6.07, 6.45) is 1.08. The first-order valence-electron chi connectivity index (χ1n) is 8.06. The van der Waals surface area contributed by atoms with Crippen molar-refractivity contribution in [3.8, 4) is 0 Å². The molecule has 3 rings (SSSR count). The smallest absolute Gasteiger partial charge is 0.345 e. The number of sulfonamides is 1. The number of nitrogens with zero attached hydrogens (tertiary/aromatic N) is 1. The van der Waals surface area contributed by atoms with E-state index >= 15 is 0 Å². The van der Waals surface area contributed by atoms with Crippen molar-refractivity contribution in [2.45, 2.75) is 30.3 Å². The predicted octanol–water partition coefficient (Wildman–Crippen LogP) is 1.92. The Morgan fingerprint density at radius 3 is 2.58 bits per heavy atom. The Hall–Kier alpha value is -2.23. The van der Waals surface area contributed by atoms with Crippen molar-refractivity contribution >= 4 is 33.2 Å². The van der Waals surface area contributed by atoms with E-state index in [1.165, 1.54) is 22.5 Å². The molecule has 1 aliphatic rings. The summed E-state index contributed by atoms with van der Waals surface area (Å²) in [6, 6.07) is 10.4. The summed E-state index contributed by atoms with van der Waals surface area (Å²) in [4.78, 5) is 24.5. The molecular formula is C17H18N2O5S2. The van der Waals surface area contributed by atoms with Crippen LogP contribution in [0.4, 0.5) is 0 Å². The van der Waals surface area contributed by atoms with Crippen LogP contribution in [0.2, 0.25) is 0 Å². The van der Waals surface area contributed by atoms with Gasteiger partial charge in [-0.3, -0.25) is 4.79 Å². The topological polar surface area (TPSA) is 104 Å². The number of carbonyl (C=O) groups is 2. The highest BCUT2D eigenvalue weighted by atomic mass is 32.2. The van der Waals surface area contributed by atoms with Gasteiger partial charge in [0.05, 0.1) is 11.4 Å². The lowest BCUT2D eigenvalue weighted by Gasteiger charge is -2.23. The number of amides is 1. The summed E-state index contributed by atoms with van der Waals surface area (Å²) in [5.74, 6) is -1.38. The van der Waals surface area contributed by atoms with Gasteiger partial charge in [-0.1, -0.05) is 18.2 Å². The second-order valence-corrected chi connectivity index (χ2v) is 8.93. The van der Waals surface area contributed by atoms with E-state index in [0.717, 1.165) is 11.3 Å². The van der Waals surface area contributed by atoms with Gasteiger partial charge in [0.15, 0.2) is 0 Å². The van der Waals surface area contributed by atoms with Gasteiger partial charge in [0, 0.05) is 11.4 Å². The Balaban J connectivity index is 1.69. The van der Waals surface area contributed by atoms with Crippen molar-refractivity contribution < 1.29 is 23.1 Å². The van der Waals surface area contributed by atoms with Crippen molar-refractivity contribution in [3.63, 3.8) is 0 Å². The molecule has 1 aliphatic heterocycles. The molecule has 9 heteroatoms. The Bertz CT molecular complexity index is 908. The minimum Gasteiger partial charge on any atom is -0.477 e. The third-order valence-corrected chi connectivity index (χ3v) is 7.16. The Kier molecular flexibility index (Phi) is 5.40. The van der Waals surface area contributed by atoms with Crippen molar-refractivity contribution in [3.05, 3.63) is 52.2 Å². The molecule has 7 nitrogen and oxygen atoms in total. The van der Waals surface area contributed by atoms with Crippen LogP contribution in [0.15, 0.2) is 47.4 Å². The number of aromatic carboxylic acids is 1. The van der Waals surface area contributed by atoms with Crippen molar-refractivity contribution in [2.24, 2.45) is 0 Å². The van der Waals surface area contributed by atoms with Gasteiger partial charge in [0.2, 0.25) is 15.9 Å². The molecule has 0 aliphatic carbocycles. The summed E-state index contributed by atoms with van der Waals surface area (Å²) >= 11 is 1.08. The van der Waals surface area contributed by atoms with E-state index in [9.17, 15) is 18.0 Å². The second-order valence-electron chi connectivity index (χ2n) is 5.88. The molecule has 1 unspecified atom stereocenters. The van der Waals surface area contributed by atoms with E-state index in [2.05, 4.69) is 5.32 Å². The van der Waals surface area contributed by atoms with E-state index in [0.29, 0.717) is 24.3 Å². The van der Waals surface area contributed by atoms with E-state index in [4.69, 9.17) is 5.11 Å². The Morgan fingerprint density at radius 2 is 1.92 bits per heavy atom. The highest BCUT2D eigenvalue weighted by molar-refractivity contribution is 7.89. The first-order chi connectivity index (χ1) is 12.4. The van der Waals surface area contributed by atoms with Crippen LogP contribution >= 0.6 is 11.3 Å². The average molecular weight is 394 g/mol. The van der Waals surface area contributed by atoms with E-state index in [-0.39, 0.29) is 22.2 Å². The third-order valence-electron chi connectivity index (χ3n) is 4.17. The lowest BCUT2D eigenvalue weighted by Crippen LogP contribution is -2.45. The first kappa shape index (κ1) is 18.6. The van der Waals surface area contributed by atoms with E-state index < -0.39 is 22.0 Å². The molecule has 1 fully saturated rings. The largest absolute Gasteiger partial charge is 0.477 e. The molecule has 1 amide bonds. The van der Waals surface area contributed by atoms with Gasteiger partial charge in [-0.05, 0) is 37.1 Å². The summed E-state index contributed by atoms with van der Waals surface area (Å²) in [7, 11) is -3.73. The van der Waals surface area contributed by atoms with Crippen LogP contribution in [-0.2, 0) is 21.4 Å². The van der Waals surface area contributed by atoms with Crippen molar-refractivity contribution in [1.29, 1.82) is 0 Å². The third kappa shape index (κ3) is 3.79. The highest BCUT2D eigenvalue weighted by Gasteiger charge is 2.39. The number of hydrogen-bond donors (Lipinski definition) is 2. The normalized spacial score (nSPS) is 17.9. The molecule has 0 saturated carbocycles. The number of rotatable bonds is 6. The van der Waals surface area contributed by atoms with Crippen LogP contribution in [0.25, 0.3) is 0 Å². The van der Waals surface area contributed by atoms with Crippen LogP contribution < -0.4 is 5.32 Å². The van der Waals surface area contributed by atoms with E-state index in [1.807, 2.05) is 0 Å². The van der Waals surface area contributed by atoms with Gasteiger partial charge >= 0.3 is 5.97 Å². The number of nitrogens with one attached hydrogen (secondary N) is 1. The molecule has 1 atom stereocenters. The van der Waals surface area contributed by atoms with Crippen LogP contribution in [0.5, 0.6) is 0 Å². The number of carbonyl (C=O) groups excluding carboxylic acids is 1. The Labute approximate surface area is 155 Å². The number of hydrogen-bond acceptors (Lipinski definition) is 5. The highest BCUT2D eigenvalue weighted by Crippen LogP contribution is 2.26. The first-order valence-corrected chi connectivity index (χ1v) is 10.3. The molecular weight excluding hydrogens is 376 g/mol. The van der Waals surface area contributed by atoms with Crippen LogP contribution in [0, 0.1) is 0 Å². The number of carboxylic acid groups (broad SMARTS) is 1. The fourth-order valence-corrected chi connectivity index (χ4v) is 5.36. The molecule has 0 bridgehead atoms. The average Bonchev–Trinajstić information content (AvgIpc) is 3.30. The zero-order valence-corrected chi connectivity index (χ0v) is 15.4. The zero-order chi connectivity index (χ0) is 18.7. The fraction of sp³-hybridized carbons (Fsp3) is 0.294. The van der Waals surface area contributed by atoms with Crippen LogP contribution in [-0.4, -0.2) is 42.3 Å².